The zero-order valence-corrected chi connectivity index (χ0v) is 18.8. The minimum absolute atomic E-state index is 0.0137. The van der Waals surface area contributed by atoms with Gasteiger partial charge in [-0.25, -0.2) is 9.78 Å². The maximum absolute atomic E-state index is 12.6. The molecule has 0 bridgehead atoms. The van der Waals surface area contributed by atoms with Crippen molar-refractivity contribution in [2.75, 3.05) is 18.0 Å². The summed E-state index contributed by atoms with van der Waals surface area (Å²) in [4.78, 5) is 33.6. The molecule has 0 radical (unpaired) electrons. The number of piperazine rings is 1. The van der Waals surface area contributed by atoms with Crippen molar-refractivity contribution >= 4 is 38.7 Å². The highest BCUT2D eigenvalue weighted by Crippen LogP contribution is 2.30. The molecular formula is C20H27BrN4O3. The van der Waals surface area contributed by atoms with Gasteiger partial charge in [-0.15, -0.1) is 0 Å². The highest BCUT2D eigenvalue weighted by Gasteiger charge is 2.35. The van der Waals surface area contributed by atoms with Crippen LogP contribution in [0.4, 0.5) is 10.5 Å². The Bertz CT molecular complexity index is 966. The average molecular weight is 451 g/mol. The largest absolute Gasteiger partial charge is 0.444 e. The molecule has 1 fully saturated rings. The summed E-state index contributed by atoms with van der Waals surface area (Å²) in [5.41, 5.74) is 1.72. The second kappa shape index (κ2) is 7.39. The SMILES string of the molecule is C[C@@H]1CN(c2cc(=O)n(C)c3ccc(Br)nc23)[C@@H](C)CN1C(=O)OC(C)(C)C. The maximum Gasteiger partial charge on any atom is 0.410 e. The molecule has 3 heterocycles. The summed E-state index contributed by atoms with van der Waals surface area (Å²) in [6.07, 6.45) is -0.304. The van der Waals surface area contributed by atoms with Crippen LogP contribution in [0.25, 0.3) is 11.0 Å². The monoisotopic (exact) mass is 450 g/mol. The number of carbonyl (C=O) groups is 1. The summed E-state index contributed by atoms with van der Waals surface area (Å²) in [7, 11) is 1.75. The van der Waals surface area contributed by atoms with Crippen molar-refractivity contribution in [3.8, 4) is 0 Å². The van der Waals surface area contributed by atoms with Crippen LogP contribution in [0.3, 0.4) is 0 Å². The van der Waals surface area contributed by atoms with Gasteiger partial charge in [0, 0.05) is 38.3 Å². The van der Waals surface area contributed by atoms with Gasteiger partial charge in [0.1, 0.15) is 15.7 Å². The molecule has 2 aromatic heterocycles. The average Bonchev–Trinajstić information content (AvgIpc) is 2.58. The predicted octanol–water partition coefficient (Wildman–Crippen LogP) is 3.53. The van der Waals surface area contributed by atoms with Gasteiger partial charge in [0.15, 0.2) is 0 Å². The summed E-state index contributed by atoms with van der Waals surface area (Å²) in [5, 5.41) is 0. The van der Waals surface area contributed by atoms with E-state index >= 15 is 0 Å². The molecule has 2 aromatic rings. The smallest absolute Gasteiger partial charge is 0.410 e. The Hall–Kier alpha value is -2.09. The Morgan fingerprint density at radius 2 is 1.89 bits per heavy atom. The van der Waals surface area contributed by atoms with Gasteiger partial charge in [-0.2, -0.15) is 0 Å². The summed E-state index contributed by atoms with van der Waals surface area (Å²) < 4.78 is 7.87. The molecule has 8 heteroatoms. The van der Waals surface area contributed by atoms with Crippen LogP contribution in [0.5, 0.6) is 0 Å². The van der Waals surface area contributed by atoms with Crippen LogP contribution in [-0.2, 0) is 11.8 Å². The lowest BCUT2D eigenvalue weighted by Crippen LogP contribution is -2.59. The highest BCUT2D eigenvalue weighted by atomic mass is 79.9. The van der Waals surface area contributed by atoms with Crippen molar-refractivity contribution in [1.29, 1.82) is 0 Å². The molecular weight excluding hydrogens is 424 g/mol. The van der Waals surface area contributed by atoms with E-state index in [1.54, 1.807) is 22.6 Å². The van der Waals surface area contributed by atoms with Gasteiger partial charge in [-0.1, -0.05) is 0 Å². The Balaban J connectivity index is 1.96. The molecule has 7 nitrogen and oxygen atoms in total. The molecule has 1 aliphatic heterocycles. The summed E-state index contributed by atoms with van der Waals surface area (Å²) >= 11 is 3.43. The van der Waals surface area contributed by atoms with Crippen LogP contribution in [0.1, 0.15) is 34.6 Å². The Morgan fingerprint density at radius 3 is 2.54 bits per heavy atom. The quantitative estimate of drug-likeness (QED) is 0.621. The number of aryl methyl sites for hydroxylation is 1. The van der Waals surface area contributed by atoms with E-state index in [2.05, 4.69) is 25.8 Å². The minimum Gasteiger partial charge on any atom is -0.444 e. The highest BCUT2D eigenvalue weighted by molar-refractivity contribution is 9.10. The fourth-order valence-electron chi connectivity index (χ4n) is 3.54. The molecule has 1 saturated heterocycles. The third kappa shape index (κ3) is 4.01. The Kier molecular flexibility index (Phi) is 5.44. The number of aromatic nitrogens is 2. The molecule has 3 rings (SSSR count). The summed E-state index contributed by atoms with van der Waals surface area (Å²) in [6, 6.07) is 5.31. The van der Waals surface area contributed by atoms with Crippen molar-refractivity contribution in [1.82, 2.24) is 14.5 Å². The first kappa shape index (κ1) is 20.6. The molecule has 1 amide bonds. The minimum atomic E-state index is -0.533. The molecule has 0 spiro atoms. The molecule has 0 N–H and O–H groups in total. The molecule has 0 aromatic carbocycles. The lowest BCUT2D eigenvalue weighted by molar-refractivity contribution is 0.0130. The number of hydrogen-bond donors (Lipinski definition) is 0. The van der Waals surface area contributed by atoms with Gasteiger partial charge >= 0.3 is 6.09 Å². The standard InChI is InChI=1S/C20H27BrN4O3/c1-12-11-25(19(27)28-20(3,4)5)13(2)10-24(12)15-9-17(26)23(6)14-7-8-16(21)22-18(14)15/h7-9,12-13H,10-11H2,1-6H3/t12-,13+/m0/s1. The second-order valence-corrected chi connectivity index (χ2v) is 9.22. The molecule has 28 heavy (non-hydrogen) atoms. The lowest BCUT2D eigenvalue weighted by atomic mass is 10.1. The normalized spacial score (nSPS) is 20.5. The van der Waals surface area contributed by atoms with Crippen molar-refractivity contribution in [2.24, 2.45) is 7.05 Å². The number of pyridine rings is 2. The number of rotatable bonds is 1. The lowest BCUT2D eigenvalue weighted by Gasteiger charge is -2.45. The number of anilines is 1. The van der Waals surface area contributed by atoms with E-state index in [1.165, 1.54) is 0 Å². The van der Waals surface area contributed by atoms with Crippen molar-refractivity contribution in [3.05, 3.63) is 33.2 Å². The topological polar surface area (TPSA) is 67.7 Å². The first-order valence-electron chi connectivity index (χ1n) is 9.40. The number of nitrogens with zero attached hydrogens (tertiary/aromatic N) is 4. The molecule has 0 saturated carbocycles. The van der Waals surface area contributed by atoms with Crippen LogP contribution in [0, 0.1) is 0 Å². The van der Waals surface area contributed by atoms with Crippen LogP contribution in [0.15, 0.2) is 27.6 Å². The van der Waals surface area contributed by atoms with E-state index in [1.807, 2.05) is 46.8 Å². The molecule has 0 unspecified atom stereocenters. The van der Waals surface area contributed by atoms with Crippen molar-refractivity contribution in [2.45, 2.75) is 52.3 Å². The van der Waals surface area contributed by atoms with E-state index in [0.717, 1.165) is 16.7 Å². The maximum atomic E-state index is 12.6. The number of ether oxygens (including phenoxy) is 1. The molecule has 1 aliphatic rings. The van der Waals surface area contributed by atoms with Crippen LogP contribution < -0.4 is 10.5 Å². The van der Waals surface area contributed by atoms with E-state index < -0.39 is 5.60 Å². The fraction of sp³-hybridized carbons (Fsp3) is 0.550. The van der Waals surface area contributed by atoms with Gasteiger partial charge in [0.05, 0.1) is 11.2 Å². The zero-order valence-electron chi connectivity index (χ0n) is 17.2. The van der Waals surface area contributed by atoms with Gasteiger partial charge in [0.2, 0.25) is 0 Å². The zero-order chi connectivity index (χ0) is 20.8. The van der Waals surface area contributed by atoms with E-state index in [9.17, 15) is 9.59 Å². The number of fused-ring (bicyclic) bond motifs is 1. The second-order valence-electron chi connectivity index (χ2n) is 8.41. The third-order valence-corrected chi connectivity index (χ3v) is 5.40. The van der Waals surface area contributed by atoms with Gasteiger partial charge in [0.25, 0.3) is 5.56 Å². The Morgan fingerprint density at radius 1 is 1.21 bits per heavy atom. The first-order valence-corrected chi connectivity index (χ1v) is 10.2. The Labute approximate surface area is 173 Å². The first-order chi connectivity index (χ1) is 13.0. The predicted molar refractivity (Wildman–Crippen MR) is 114 cm³/mol. The van der Waals surface area contributed by atoms with Crippen molar-refractivity contribution in [3.63, 3.8) is 0 Å². The van der Waals surface area contributed by atoms with E-state index in [-0.39, 0.29) is 23.7 Å². The molecule has 0 aliphatic carbocycles. The molecule has 152 valence electrons. The number of amides is 1. The number of hydrogen-bond acceptors (Lipinski definition) is 5. The summed E-state index contributed by atoms with van der Waals surface area (Å²) in [6.45, 7) is 10.7. The van der Waals surface area contributed by atoms with Crippen LogP contribution in [-0.4, -0.2) is 51.3 Å². The van der Waals surface area contributed by atoms with Gasteiger partial charge in [-0.05, 0) is 62.7 Å². The third-order valence-electron chi connectivity index (χ3n) is 4.96. The van der Waals surface area contributed by atoms with Crippen LogP contribution >= 0.6 is 15.9 Å². The fourth-order valence-corrected chi connectivity index (χ4v) is 3.85. The number of carbonyl (C=O) groups excluding carboxylic acids is 1. The number of halogens is 1. The molecule has 2 atom stereocenters. The van der Waals surface area contributed by atoms with Crippen molar-refractivity contribution < 1.29 is 9.53 Å². The van der Waals surface area contributed by atoms with Crippen LogP contribution in [0.2, 0.25) is 0 Å². The van der Waals surface area contributed by atoms with E-state index in [4.69, 9.17) is 4.74 Å². The van der Waals surface area contributed by atoms with Gasteiger partial charge < -0.3 is 19.1 Å². The van der Waals surface area contributed by atoms with E-state index in [0.29, 0.717) is 17.7 Å². The van der Waals surface area contributed by atoms with Gasteiger partial charge in [-0.3, -0.25) is 4.79 Å². The summed E-state index contributed by atoms with van der Waals surface area (Å²) in [5.74, 6) is 0.